The molecule has 0 aliphatic rings. The van der Waals surface area contributed by atoms with Crippen LogP contribution in [0.3, 0.4) is 0 Å². The molecule has 4 nitrogen and oxygen atoms in total. The highest BCUT2D eigenvalue weighted by Gasteiger charge is 2.03. The Morgan fingerprint density at radius 2 is 2.29 bits per heavy atom. The smallest absolute Gasteiger partial charge is 0.139 e. The van der Waals surface area contributed by atoms with Crippen molar-refractivity contribution >= 4 is 17.3 Å². The van der Waals surface area contributed by atoms with Crippen molar-refractivity contribution < 1.29 is 4.74 Å². The van der Waals surface area contributed by atoms with Gasteiger partial charge in [-0.05, 0) is 12.1 Å². The van der Waals surface area contributed by atoms with E-state index in [1.807, 2.05) is 36.0 Å². The van der Waals surface area contributed by atoms with Crippen LogP contribution in [0.25, 0.3) is 0 Å². The summed E-state index contributed by atoms with van der Waals surface area (Å²) in [6.07, 6.45) is 3.61. The van der Waals surface area contributed by atoms with Crippen molar-refractivity contribution in [1.29, 1.82) is 0 Å². The summed E-state index contributed by atoms with van der Waals surface area (Å²) in [7, 11) is 3.57. The summed E-state index contributed by atoms with van der Waals surface area (Å²) < 4.78 is 7.13. The molecule has 0 amide bonds. The van der Waals surface area contributed by atoms with Gasteiger partial charge in [-0.25, -0.2) is 4.98 Å². The third-order valence-corrected chi connectivity index (χ3v) is 2.85. The highest BCUT2D eigenvalue weighted by Crippen LogP contribution is 2.27. The van der Waals surface area contributed by atoms with Crippen LogP contribution in [-0.2, 0) is 13.6 Å². The van der Waals surface area contributed by atoms with E-state index < -0.39 is 0 Å². The summed E-state index contributed by atoms with van der Waals surface area (Å²) in [5.74, 6) is 0.668. The second-order valence-corrected chi connectivity index (χ2v) is 4.11. The van der Waals surface area contributed by atoms with E-state index in [0.717, 1.165) is 11.4 Å². The standard InChI is InChI=1S/C12H14ClN3O/c1-16-8-14-6-10(16)7-15-9-3-4-11(13)12(5-9)17-2/h3-6,8,15H,7H2,1-2H3. The molecule has 17 heavy (non-hydrogen) atoms. The molecular weight excluding hydrogens is 238 g/mol. The van der Waals surface area contributed by atoms with Crippen LogP contribution in [0.4, 0.5) is 5.69 Å². The molecule has 1 N–H and O–H groups in total. The predicted octanol–water partition coefficient (Wildman–Crippen LogP) is 2.69. The zero-order valence-electron chi connectivity index (χ0n) is 9.77. The summed E-state index contributed by atoms with van der Waals surface area (Å²) in [5, 5.41) is 3.90. The maximum absolute atomic E-state index is 5.95. The lowest BCUT2D eigenvalue weighted by atomic mass is 10.3. The molecule has 1 heterocycles. The van der Waals surface area contributed by atoms with E-state index in [4.69, 9.17) is 16.3 Å². The fraction of sp³-hybridized carbons (Fsp3) is 0.250. The van der Waals surface area contributed by atoms with E-state index in [1.54, 1.807) is 13.4 Å². The van der Waals surface area contributed by atoms with Crippen LogP contribution in [0.5, 0.6) is 5.75 Å². The quantitative estimate of drug-likeness (QED) is 0.908. The highest BCUT2D eigenvalue weighted by atomic mass is 35.5. The lowest BCUT2D eigenvalue weighted by Crippen LogP contribution is -2.04. The van der Waals surface area contributed by atoms with Crippen molar-refractivity contribution in [2.75, 3.05) is 12.4 Å². The van der Waals surface area contributed by atoms with Crippen LogP contribution in [-0.4, -0.2) is 16.7 Å². The first-order valence-electron chi connectivity index (χ1n) is 5.23. The van der Waals surface area contributed by atoms with Gasteiger partial charge in [-0.15, -0.1) is 0 Å². The molecule has 0 radical (unpaired) electrons. The minimum absolute atomic E-state index is 0.610. The van der Waals surface area contributed by atoms with Crippen LogP contribution in [0.2, 0.25) is 5.02 Å². The molecule has 90 valence electrons. The van der Waals surface area contributed by atoms with Gasteiger partial charge in [-0.1, -0.05) is 11.6 Å². The average molecular weight is 252 g/mol. The van der Waals surface area contributed by atoms with Gasteiger partial charge in [0.25, 0.3) is 0 Å². The van der Waals surface area contributed by atoms with Gasteiger partial charge in [-0.3, -0.25) is 0 Å². The highest BCUT2D eigenvalue weighted by molar-refractivity contribution is 6.32. The minimum atomic E-state index is 0.610. The van der Waals surface area contributed by atoms with Gasteiger partial charge < -0.3 is 14.6 Å². The van der Waals surface area contributed by atoms with Gasteiger partial charge in [0.2, 0.25) is 0 Å². The van der Waals surface area contributed by atoms with Gasteiger partial charge in [0.05, 0.1) is 30.7 Å². The summed E-state index contributed by atoms with van der Waals surface area (Å²) >= 11 is 5.95. The molecule has 0 aliphatic carbocycles. The Labute approximate surface area is 105 Å². The number of aryl methyl sites for hydroxylation is 1. The molecule has 0 saturated heterocycles. The van der Waals surface area contributed by atoms with Crippen LogP contribution < -0.4 is 10.1 Å². The van der Waals surface area contributed by atoms with Crippen molar-refractivity contribution in [2.24, 2.45) is 7.05 Å². The van der Waals surface area contributed by atoms with Gasteiger partial charge in [-0.2, -0.15) is 0 Å². The number of nitrogens with zero attached hydrogens (tertiary/aromatic N) is 2. The number of benzene rings is 1. The Kier molecular flexibility index (Phi) is 3.54. The number of nitrogens with one attached hydrogen (secondary N) is 1. The first-order valence-corrected chi connectivity index (χ1v) is 5.61. The normalized spacial score (nSPS) is 10.3. The second kappa shape index (κ2) is 5.10. The van der Waals surface area contributed by atoms with Crippen molar-refractivity contribution in [3.05, 3.63) is 41.4 Å². The first-order chi connectivity index (χ1) is 8.20. The van der Waals surface area contributed by atoms with Crippen molar-refractivity contribution in [3.63, 3.8) is 0 Å². The maximum Gasteiger partial charge on any atom is 0.139 e. The lowest BCUT2D eigenvalue weighted by molar-refractivity contribution is 0.415. The topological polar surface area (TPSA) is 39.1 Å². The molecule has 0 bridgehead atoms. The molecule has 0 spiro atoms. The largest absolute Gasteiger partial charge is 0.495 e. The fourth-order valence-electron chi connectivity index (χ4n) is 1.52. The molecule has 1 aromatic heterocycles. The van der Waals surface area contributed by atoms with E-state index in [0.29, 0.717) is 17.3 Å². The van der Waals surface area contributed by atoms with E-state index in [9.17, 15) is 0 Å². The minimum Gasteiger partial charge on any atom is -0.495 e. The molecule has 5 heteroatoms. The number of hydrogen-bond donors (Lipinski definition) is 1. The molecule has 2 rings (SSSR count). The summed E-state index contributed by atoms with van der Waals surface area (Å²) in [6.45, 7) is 0.710. The van der Waals surface area contributed by atoms with Crippen LogP contribution >= 0.6 is 11.6 Å². The Balaban J connectivity index is 2.07. The van der Waals surface area contributed by atoms with Gasteiger partial charge in [0.15, 0.2) is 0 Å². The number of hydrogen-bond acceptors (Lipinski definition) is 3. The average Bonchev–Trinajstić information content (AvgIpc) is 2.74. The summed E-state index contributed by atoms with van der Waals surface area (Å²) in [6, 6.07) is 5.60. The van der Waals surface area contributed by atoms with Gasteiger partial charge in [0, 0.05) is 25.0 Å². The number of rotatable bonds is 4. The number of aromatic nitrogens is 2. The number of ether oxygens (including phenoxy) is 1. The van der Waals surface area contributed by atoms with E-state index in [2.05, 4.69) is 10.3 Å². The number of methoxy groups -OCH3 is 1. The molecule has 2 aromatic rings. The Morgan fingerprint density at radius 1 is 1.47 bits per heavy atom. The van der Waals surface area contributed by atoms with Crippen molar-refractivity contribution in [2.45, 2.75) is 6.54 Å². The van der Waals surface area contributed by atoms with Crippen molar-refractivity contribution in [1.82, 2.24) is 9.55 Å². The van der Waals surface area contributed by atoms with Crippen LogP contribution in [0.1, 0.15) is 5.69 Å². The molecule has 0 saturated carbocycles. The van der Waals surface area contributed by atoms with E-state index >= 15 is 0 Å². The Hall–Kier alpha value is -1.68. The molecule has 0 aliphatic heterocycles. The van der Waals surface area contributed by atoms with Gasteiger partial charge >= 0.3 is 0 Å². The fourth-order valence-corrected chi connectivity index (χ4v) is 1.71. The zero-order valence-corrected chi connectivity index (χ0v) is 10.5. The molecule has 0 fully saturated rings. The first kappa shape index (κ1) is 11.8. The Morgan fingerprint density at radius 3 is 2.94 bits per heavy atom. The monoisotopic (exact) mass is 251 g/mol. The maximum atomic E-state index is 5.95. The van der Waals surface area contributed by atoms with E-state index in [1.165, 1.54) is 0 Å². The van der Waals surface area contributed by atoms with Crippen molar-refractivity contribution in [3.8, 4) is 5.75 Å². The second-order valence-electron chi connectivity index (χ2n) is 3.70. The third kappa shape index (κ3) is 2.71. The predicted molar refractivity (Wildman–Crippen MR) is 68.5 cm³/mol. The summed E-state index contributed by atoms with van der Waals surface area (Å²) in [4.78, 5) is 4.06. The Bertz CT molecular complexity index is 510. The van der Waals surface area contributed by atoms with E-state index in [-0.39, 0.29) is 0 Å². The zero-order chi connectivity index (χ0) is 12.3. The summed E-state index contributed by atoms with van der Waals surface area (Å²) in [5.41, 5.74) is 2.08. The van der Waals surface area contributed by atoms with Crippen LogP contribution in [0.15, 0.2) is 30.7 Å². The molecular formula is C12H14ClN3O. The third-order valence-electron chi connectivity index (χ3n) is 2.54. The van der Waals surface area contributed by atoms with Gasteiger partial charge in [0.1, 0.15) is 5.75 Å². The SMILES string of the molecule is COc1cc(NCc2cncn2C)ccc1Cl. The lowest BCUT2D eigenvalue weighted by Gasteiger charge is -2.09. The number of imidazole rings is 1. The molecule has 0 atom stereocenters. The number of halogens is 1. The number of anilines is 1. The molecule has 1 aromatic carbocycles. The van der Waals surface area contributed by atoms with Crippen LogP contribution in [0, 0.1) is 0 Å². The molecule has 0 unspecified atom stereocenters.